The highest BCUT2D eigenvalue weighted by molar-refractivity contribution is 5.95. The third-order valence-electron chi connectivity index (χ3n) is 4.71. The number of hydrogen-bond acceptors (Lipinski definition) is 4. The molecule has 138 valence electrons. The molecule has 3 rings (SSSR count). The van der Waals surface area contributed by atoms with Crippen molar-refractivity contribution in [1.82, 2.24) is 10.3 Å². The van der Waals surface area contributed by atoms with Crippen molar-refractivity contribution in [2.45, 2.75) is 45.6 Å². The van der Waals surface area contributed by atoms with Crippen LogP contribution < -0.4 is 10.6 Å². The molecule has 0 aliphatic carbocycles. The van der Waals surface area contributed by atoms with E-state index in [2.05, 4.69) is 54.6 Å². The zero-order valence-corrected chi connectivity index (χ0v) is 15.7. The van der Waals surface area contributed by atoms with Crippen LogP contribution in [0, 0.1) is 6.92 Å². The van der Waals surface area contributed by atoms with E-state index in [1.165, 1.54) is 11.1 Å². The van der Waals surface area contributed by atoms with Crippen molar-refractivity contribution < 1.29 is 9.53 Å². The summed E-state index contributed by atoms with van der Waals surface area (Å²) in [6, 6.07) is 8.13. The third-order valence-corrected chi connectivity index (χ3v) is 4.71. The Balaban J connectivity index is 1.72. The van der Waals surface area contributed by atoms with Gasteiger partial charge in [0.2, 0.25) is 0 Å². The van der Waals surface area contributed by atoms with Crippen molar-refractivity contribution in [3.05, 3.63) is 53.3 Å². The number of carbonyl (C=O) groups is 1. The molecule has 0 spiro atoms. The van der Waals surface area contributed by atoms with E-state index >= 15 is 0 Å². The second-order valence-corrected chi connectivity index (χ2v) is 7.13. The van der Waals surface area contributed by atoms with E-state index in [-0.39, 0.29) is 12.0 Å². The minimum absolute atomic E-state index is 0.120. The molecule has 1 unspecified atom stereocenters. The number of aromatic nitrogens is 1. The molecule has 1 aliphatic heterocycles. The van der Waals surface area contributed by atoms with Gasteiger partial charge in [-0.1, -0.05) is 32.0 Å². The Morgan fingerprint density at radius 2 is 2.19 bits per heavy atom. The minimum Gasteiger partial charge on any atom is -0.376 e. The molecular formula is C21H27N3O2. The summed E-state index contributed by atoms with van der Waals surface area (Å²) < 4.78 is 5.55. The lowest BCUT2D eigenvalue weighted by molar-refractivity contribution is 0.0857. The minimum atomic E-state index is -0.120. The van der Waals surface area contributed by atoms with Crippen molar-refractivity contribution in [2.75, 3.05) is 18.5 Å². The lowest BCUT2D eigenvalue weighted by atomic mass is 9.98. The van der Waals surface area contributed by atoms with Crippen molar-refractivity contribution in [2.24, 2.45) is 0 Å². The molecule has 1 amide bonds. The first kappa shape index (κ1) is 18.4. The van der Waals surface area contributed by atoms with Gasteiger partial charge in [-0.15, -0.1) is 0 Å². The van der Waals surface area contributed by atoms with Crippen molar-refractivity contribution in [3.63, 3.8) is 0 Å². The van der Waals surface area contributed by atoms with Crippen LogP contribution in [-0.2, 0) is 4.74 Å². The fourth-order valence-electron chi connectivity index (χ4n) is 3.23. The van der Waals surface area contributed by atoms with Gasteiger partial charge < -0.3 is 15.4 Å². The highest BCUT2D eigenvalue weighted by Crippen LogP contribution is 2.30. The number of rotatable bonds is 6. The molecule has 0 bridgehead atoms. The number of ether oxygens (including phenoxy) is 1. The molecule has 1 atom stereocenters. The van der Waals surface area contributed by atoms with Crippen LogP contribution in [0.3, 0.4) is 0 Å². The van der Waals surface area contributed by atoms with E-state index in [0.29, 0.717) is 18.0 Å². The zero-order valence-electron chi connectivity index (χ0n) is 15.7. The van der Waals surface area contributed by atoms with E-state index < -0.39 is 0 Å². The summed E-state index contributed by atoms with van der Waals surface area (Å²) in [5.41, 5.74) is 4.86. The summed E-state index contributed by atoms with van der Waals surface area (Å²) >= 11 is 0. The van der Waals surface area contributed by atoms with Crippen molar-refractivity contribution >= 4 is 17.3 Å². The monoisotopic (exact) mass is 353 g/mol. The Morgan fingerprint density at radius 1 is 1.35 bits per heavy atom. The second-order valence-electron chi connectivity index (χ2n) is 7.13. The molecule has 1 aromatic carbocycles. The molecule has 26 heavy (non-hydrogen) atoms. The number of nitrogens with zero attached hydrogens (tertiary/aromatic N) is 1. The lowest BCUT2D eigenvalue weighted by Gasteiger charge is -2.17. The summed E-state index contributed by atoms with van der Waals surface area (Å²) in [7, 11) is 0. The molecule has 1 aliphatic rings. The summed E-state index contributed by atoms with van der Waals surface area (Å²) in [5.74, 6) is 0.286. The molecule has 5 heteroatoms. The molecule has 0 radical (unpaired) electrons. The van der Waals surface area contributed by atoms with Gasteiger partial charge in [0, 0.05) is 25.0 Å². The molecule has 0 saturated carbocycles. The van der Waals surface area contributed by atoms with E-state index in [4.69, 9.17) is 4.74 Å². The Labute approximate surface area is 155 Å². The third kappa shape index (κ3) is 4.41. The van der Waals surface area contributed by atoms with E-state index in [1.54, 1.807) is 12.4 Å². The number of nitrogens with one attached hydrogen (secondary N) is 2. The van der Waals surface area contributed by atoms with Crippen LogP contribution in [0.4, 0.5) is 11.4 Å². The lowest BCUT2D eigenvalue weighted by Crippen LogP contribution is -2.31. The predicted molar refractivity (Wildman–Crippen MR) is 104 cm³/mol. The standard InChI is InChI=1S/C21H27N3O2/c1-14(2)19-8-4-6-15(3)20(19)24-17-10-16(11-22-12-17)21(25)23-13-18-7-5-9-26-18/h4,6,8,10-12,14,18,24H,5,7,9,13H2,1-3H3,(H,23,25). The average molecular weight is 353 g/mol. The van der Waals surface area contributed by atoms with Gasteiger partial charge in [0.05, 0.1) is 23.6 Å². The van der Waals surface area contributed by atoms with Crippen LogP contribution in [-0.4, -0.2) is 30.1 Å². The number of amides is 1. The van der Waals surface area contributed by atoms with Crippen LogP contribution in [0.25, 0.3) is 0 Å². The molecule has 1 saturated heterocycles. The van der Waals surface area contributed by atoms with Crippen LogP contribution in [0.5, 0.6) is 0 Å². The summed E-state index contributed by atoms with van der Waals surface area (Å²) in [4.78, 5) is 16.6. The van der Waals surface area contributed by atoms with Gasteiger partial charge >= 0.3 is 0 Å². The number of aryl methyl sites for hydroxylation is 1. The van der Waals surface area contributed by atoms with E-state index in [0.717, 1.165) is 30.8 Å². The van der Waals surface area contributed by atoms with Gasteiger partial charge in [-0.3, -0.25) is 9.78 Å². The van der Waals surface area contributed by atoms with Crippen molar-refractivity contribution in [1.29, 1.82) is 0 Å². The average Bonchev–Trinajstić information content (AvgIpc) is 3.15. The van der Waals surface area contributed by atoms with Crippen LogP contribution >= 0.6 is 0 Å². The Hall–Kier alpha value is -2.40. The fraction of sp³-hybridized carbons (Fsp3) is 0.429. The molecule has 5 nitrogen and oxygen atoms in total. The largest absolute Gasteiger partial charge is 0.376 e. The first-order valence-electron chi connectivity index (χ1n) is 9.26. The van der Waals surface area contributed by atoms with Gasteiger partial charge in [-0.05, 0) is 42.9 Å². The SMILES string of the molecule is Cc1cccc(C(C)C)c1Nc1cncc(C(=O)NCC2CCCO2)c1. The highest BCUT2D eigenvalue weighted by Gasteiger charge is 2.17. The predicted octanol–water partition coefficient (Wildman–Crippen LogP) is 4.17. The number of benzene rings is 1. The second kappa shape index (κ2) is 8.32. The maximum Gasteiger partial charge on any atom is 0.253 e. The first-order chi connectivity index (χ1) is 12.5. The normalized spacial score (nSPS) is 16.7. The fourth-order valence-corrected chi connectivity index (χ4v) is 3.23. The van der Waals surface area contributed by atoms with Crippen LogP contribution in [0.1, 0.15) is 54.1 Å². The Morgan fingerprint density at radius 3 is 2.92 bits per heavy atom. The first-order valence-corrected chi connectivity index (χ1v) is 9.26. The molecule has 1 fully saturated rings. The number of hydrogen-bond donors (Lipinski definition) is 2. The van der Waals surface area contributed by atoms with Gasteiger partial charge in [-0.25, -0.2) is 0 Å². The van der Waals surface area contributed by atoms with Gasteiger partial charge in [0.15, 0.2) is 0 Å². The summed E-state index contributed by atoms with van der Waals surface area (Å²) in [5, 5.41) is 6.39. The van der Waals surface area contributed by atoms with E-state index in [1.807, 2.05) is 6.07 Å². The van der Waals surface area contributed by atoms with Gasteiger partial charge in [-0.2, -0.15) is 0 Å². The number of anilines is 2. The van der Waals surface area contributed by atoms with Gasteiger partial charge in [0.25, 0.3) is 5.91 Å². The highest BCUT2D eigenvalue weighted by atomic mass is 16.5. The number of carbonyl (C=O) groups excluding carboxylic acids is 1. The number of pyridine rings is 1. The van der Waals surface area contributed by atoms with E-state index in [9.17, 15) is 4.79 Å². The van der Waals surface area contributed by atoms with Crippen molar-refractivity contribution in [3.8, 4) is 0 Å². The molecule has 2 N–H and O–H groups in total. The summed E-state index contributed by atoms with van der Waals surface area (Å²) in [6.07, 6.45) is 5.54. The maximum absolute atomic E-state index is 12.4. The summed E-state index contributed by atoms with van der Waals surface area (Å²) in [6.45, 7) is 7.77. The van der Waals surface area contributed by atoms with Crippen LogP contribution in [0.2, 0.25) is 0 Å². The quantitative estimate of drug-likeness (QED) is 0.818. The maximum atomic E-state index is 12.4. The molecule has 1 aromatic heterocycles. The Kier molecular flexibility index (Phi) is 5.89. The molecular weight excluding hydrogens is 326 g/mol. The smallest absolute Gasteiger partial charge is 0.253 e. The molecule has 2 aromatic rings. The number of para-hydroxylation sites is 1. The zero-order chi connectivity index (χ0) is 18.5. The Bertz CT molecular complexity index is 768. The topological polar surface area (TPSA) is 63.2 Å². The van der Waals surface area contributed by atoms with Crippen LogP contribution in [0.15, 0.2) is 36.7 Å². The van der Waals surface area contributed by atoms with Gasteiger partial charge in [0.1, 0.15) is 0 Å². The molecule has 2 heterocycles.